The van der Waals surface area contributed by atoms with Gasteiger partial charge in [-0.2, -0.15) is 0 Å². The van der Waals surface area contributed by atoms with Crippen molar-refractivity contribution in [3.05, 3.63) is 66.6 Å². The predicted molar refractivity (Wildman–Crippen MR) is 93.5 cm³/mol. The van der Waals surface area contributed by atoms with Gasteiger partial charge in [0.15, 0.2) is 0 Å². The van der Waals surface area contributed by atoms with Crippen LogP contribution in [0.3, 0.4) is 0 Å². The van der Waals surface area contributed by atoms with E-state index in [0.29, 0.717) is 5.75 Å². The first-order valence-electron chi connectivity index (χ1n) is 7.71. The number of phenols is 1. The van der Waals surface area contributed by atoms with Crippen LogP contribution >= 0.6 is 0 Å². The second-order valence-electron chi connectivity index (χ2n) is 5.62. The summed E-state index contributed by atoms with van der Waals surface area (Å²) in [5, 5.41) is 13.7. The Kier molecular flexibility index (Phi) is 3.19. The van der Waals surface area contributed by atoms with Crippen molar-refractivity contribution >= 4 is 21.7 Å². The second-order valence-corrected chi connectivity index (χ2v) is 5.62. The maximum atomic E-state index is 10.5. The van der Waals surface area contributed by atoms with Gasteiger partial charge in [-0.15, -0.1) is 0 Å². The van der Waals surface area contributed by atoms with Crippen molar-refractivity contribution in [3.8, 4) is 16.9 Å². The van der Waals surface area contributed by atoms with E-state index in [9.17, 15) is 5.11 Å². The maximum Gasteiger partial charge on any atom is 0.124 e. The number of nitrogens with zero attached hydrogens (tertiary/aromatic N) is 2. The van der Waals surface area contributed by atoms with Crippen LogP contribution in [-0.4, -0.2) is 15.1 Å². The first-order valence-corrected chi connectivity index (χ1v) is 7.71. The van der Waals surface area contributed by atoms with E-state index in [0.717, 1.165) is 33.8 Å². The van der Waals surface area contributed by atoms with Gasteiger partial charge in [-0.05, 0) is 40.5 Å². The zero-order chi connectivity index (χ0) is 15.8. The number of fused-ring (bicyclic) bond motifs is 2. The summed E-state index contributed by atoms with van der Waals surface area (Å²) in [5.41, 5.74) is 3.98. The van der Waals surface area contributed by atoms with Crippen molar-refractivity contribution in [2.24, 2.45) is 0 Å². The molecule has 0 bridgehead atoms. The molecule has 0 unspecified atom stereocenters. The van der Waals surface area contributed by atoms with Crippen molar-refractivity contribution in [3.63, 3.8) is 0 Å². The Bertz CT molecular complexity index is 1020. The van der Waals surface area contributed by atoms with E-state index in [1.54, 1.807) is 18.6 Å². The minimum atomic E-state index is 0.291. The van der Waals surface area contributed by atoms with Gasteiger partial charge in [-0.1, -0.05) is 43.3 Å². The molecule has 0 aliphatic rings. The highest BCUT2D eigenvalue weighted by atomic mass is 16.3. The second kappa shape index (κ2) is 5.36. The van der Waals surface area contributed by atoms with Crippen LogP contribution in [0.4, 0.5) is 0 Å². The predicted octanol–water partition coefficient (Wildman–Crippen LogP) is 4.72. The molecule has 0 saturated carbocycles. The number of hydrogen-bond donors (Lipinski definition) is 1. The molecule has 0 saturated heterocycles. The first kappa shape index (κ1) is 13.7. The van der Waals surface area contributed by atoms with E-state index >= 15 is 0 Å². The van der Waals surface area contributed by atoms with Crippen LogP contribution in [0.5, 0.6) is 5.75 Å². The van der Waals surface area contributed by atoms with E-state index < -0.39 is 0 Å². The largest absolute Gasteiger partial charge is 0.507 e. The summed E-state index contributed by atoms with van der Waals surface area (Å²) in [7, 11) is 0. The summed E-state index contributed by atoms with van der Waals surface area (Å²) in [6, 6.07) is 16.0. The minimum absolute atomic E-state index is 0.291. The molecule has 4 aromatic rings. The molecule has 4 rings (SSSR count). The summed E-state index contributed by atoms with van der Waals surface area (Å²) < 4.78 is 0. The lowest BCUT2D eigenvalue weighted by Gasteiger charge is -2.12. The Balaban J connectivity index is 2.05. The van der Waals surface area contributed by atoms with Gasteiger partial charge in [0.25, 0.3) is 0 Å². The maximum absolute atomic E-state index is 10.5. The minimum Gasteiger partial charge on any atom is -0.507 e. The Morgan fingerprint density at radius 2 is 1.91 bits per heavy atom. The third-order valence-electron chi connectivity index (χ3n) is 4.31. The summed E-state index contributed by atoms with van der Waals surface area (Å²) in [6.45, 7) is 2.15. The lowest BCUT2D eigenvalue weighted by molar-refractivity contribution is 0.478. The smallest absolute Gasteiger partial charge is 0.124 e. The summed E-state index contributed by atoms with van der Waals surface area (Å²) in [5.74, 6) is 0.291. The van der Waals surface area contributed by atoms with Gasteiger partial charge in [-0.3, -0.25) is 0 Å². The Morgan fingerprint density at radius 3 is 2.78 bits per heavy atom. The monoisotopic (exact) mass is 300 g/mol. The highest BCUT2D eigenvalue weighted by Crippen LogP contribution is 2.38. The molecule has 0 atom stereocenters. The van der Waals surface area contributed by atoms with E-state index in [1.165, 1.54) is 10.9 Å². The van der Waals surface area contributed by atoms with Crippen LogP contribution in [-0.2, 0) is 6.42 Å². The molecule has 0 radical (unpaired) electrons. The fourth-order valence-electron chi connectivity index (χ4n) is 3.15. The lowest BCUT2D eigenvalue weighted by Crippen LogP contribution is -1.88. The van der Waals surface area contributed by atoms with Crippen LogP contribution in [0.1, 0.15) is 12.5 Å². The number of hydrogen-bond acceptors (Lipinski definition) is 3. The molecular weight excluding hydrogens is 284 g/mol. The van der Waals surface area contributed by atoms with Crippen molar-refractivity contribution in [2.45, 2.75) is 13.3 Å². The number of aromatic nitrogens is 2. The van der Waals surface area contributed by atoms with Crippen molar-refractivity contribution in [1.82, 2.24) is 9.97 Å². The zero-order valence-electron chi connectivity index (χ0n) is 12.8. The lowest BCUT2D eigenvalue weighted by atomic mass is 9.93. The normalized spacial score (nSPS) is 11.2. The van der Waals surface area contributed by atoms with Gasteiger partial charge in [0.05, 0.1) is 5.52 Å². The summed E-state index contributed by atoms with van der Waals surface area (Å²) >= 11 is 0. The SMILES string of the molecule is CCc1cccc2c(-c3ccc4cncnc4c3)c(O)ccc12. The first-order chi connectivity index (χ1) is 11.3. The number of aryl methyl sites for hydroxylation is 1. The number of benzene rings is 3. The molecule has 0 fully saturated rings. The molecule has 23 heavy (non-hydrogen) atoms. The molecule has 3 nitrogen and oxygen atoms in total. The summed E-state index contributed by atoms with van der Waals surface area (Å²) in [4.78, 5) is 8.36. The fourth-order valence-corrected chi connectivity index (χ4v) is 3.15. The average molecular weight is 300 g/mol. The van der Waals surface area contributed by atoms with Gasteiger partial charge >= 0.3 is 0 Å². The number of phenolic OH excluding ortho intramolecular Hbond substituents is 1. The molecule has 0 spiro atoms. The Hall–Kier alpha value is -2.94. The zero-order valence-corrected chi connectivity index (χ0v) is 12.8. The van der Waals surface area contributed by atoms with Gasteiger partial charge < -0.3 is 5.11 Å². The molecule has 3 aromatic carbocycles. The number of rotatable bonds is 2. The van der Waals surface area contributed by atoms with Crippen molar-refractivity contribution < 1.29 is 5.11 Å². The van der Waals surface area contributed by atoms with Crippen LogP contribution in [0.2, 0.25) is 0 Å². The van der Waals surface area contributed by atoms with Gasteiger partial charge in [-0.25, -0.2) is 9.97 Å². The quantitative estimate of drug-likeness (QED) is 0.582. The Morgan fingerprint density at radius 1 is 1.00 bits per heavy atom. The number of aromatic hydroxyl groups is 1. The molecule has 0 amide bonds. The van der Waals surface area contributed by atoms with Gasteiger partial charge in [0.1, 0.15) is 12.1 Å². The van der Waals surface area contributed by atoms with E-state index in [-0.39, 0.29) is 0 Å². The molecule has 0 aliphatic carbocycles. The average Bonchev–Trinajstić information content (AvgIpc) is 2.60. The van der Waals surface area contributed by atoms with Crippen LogP contribution in [0.25, 0.3) is 32.8 Å². The van der Waals surface area contributed by atoms with Crippen LogP contribution < -0.4 is 0 Å². The third-order valence-corrected chi connectivity index (χ3v) is 4.31. The van der Waals surface area contributed by atoms with Crippen molar-refractivity contribution in [1.29, 1.82) is 0 Å². The third kappa shape index (κ3) is 2.21. The van der Waals surface area contributed by atoms with E-state index in [4.69, 9.17) is 0 Å². The van der Waals surface area contributed by atoms with Crippen LogP contribution in [0, 0.1) is 0 Å². The molecule has 1 aromatic heterocycles. The van der Waals surface area contributed by atoms with Crippen molar-refractivity contribution in [2.75, 3.05) is 0 Å². The molecule has 0 aliphatic heterocycles. The molecule has 3 heteroatoms. The fraction of sp³-hybridized carbons (Fsp3) is 0.100. The van der Waals surface area contributed by atoms with Gasteiger partial charge in [0, 0.05) is 17.1 Å². The Labute approximate surface area is 134 Å². The molecule has 112 valence electrons. The highest BCUT2D eigenvalue weighted by molar-refractivity contribution is 6.02. The standard InChI is InChI=1S/C20H16N2O/c1-2-13-4-3-5-17-16(13)8-9-19(23)20(17)14-6-7-15-11-21-12-22-18(15)10-14/h3-12,23H,2H2,1H3. The van der Waals surface area contributed by atoms with E-state index in [1.807, 2.05) is 30.3 Å². The molecular formula is C20H16N2O. The topological polar surface area (TPSA) is 46.0 Å². The van der Waals surface area contributed by atoms with Gasteiger partial charge in [0.2, 0.25) is 0 Å². The van der Waals surface area contributed by atoms with E-state index in [2.05, 4.69) is 29.0 Å². The molecule has 1 N–H and O–H groups in total. The highest BCUT2D eigenvalue weighted by Gasteiger charge is 2.12. The van der Waals surface area contributed by atoms with Crippen LogP contribution in [0.15, 0.2) is 61.1 Å². The summed E-state index contributed by atoms with van der Waals surface area (Å²) in [6.07, 6.45) is 4.31. The molecule has 1 heterocycles.